The summed E-state index contributed by atoms with van der Waals surface area (Å²) in [5.41, 5.74) is 0. The van der Waals surface area contributed by atoms with Crippen LogP contribution in [0.3, 0.4) is 0 Å². The molecular weight excluding hydrogens is 697 g/mol. The van der Waals surface area contributed by atoms with Gasteiger partial charge in [0, 0.05) is 25.9 Å². The van der Waals surface area contributed by atoms with Gasteiger partial charge in [-0.25, -0.2) is 0 Å². The second-order valence-electron chi connectivity index (χ2n) is 16.6. The van der Waals surface area contributed by atoms with Crippen molar-refractivity contribution >= 4 is 17.8 Å². The van der Waals surface area contributed by atoms with Crippen LogP contribution in [0, 0.1) is 5.92 Å². The summed E-state index contributed by atoms with van der Waals surface area (Å²) in [7, 11) is 0. The molecular formula is C49H90N2O5. The summed E-state index contributed by atoms with van der Waals surface area (Å²) >= 11 is 0. The van der Waals surface area contributed by atoms with Crippen molar-refractivity contribution in [1.82, 2.24) is 9.80 Å². The van der Waals surface area contributed by atoms with E-state index in [2.05, 4.69) is 50.0 Å². The molecule has 1 aliphatic rings. The van der Waals surface area contributed by atoms with Gasteiger partial charge in [-0.05, 0) is 96.2 Å². The highest BCUT2D eigenvalue weighted by molar-refractivity contribution is 5.77. The van der Waals surface area contributed by atoms with Gasteiger partial charge in [0.15, 0.2) is 0 Å². The molecule has 56 heavy (non-hydrogen) atoms. The molecule has 0 unspecified atom stereocenters. The van der Waals surface area contributed by atoms with Crippen molar-refractivity contribution in [2.75, 3.05) is 45.9 Å². The number of carbonyl (C=O) groups is 3. The molecule has 0 aliphatic carbocycles. The maximum Gasteiger partial charge on any atom is 0.307 e. The molecule has 0 N–H and O–H groups in total. The molecule has 326 valence electrons. The third kappa shape index (κ3) is 32.9. The van der Waals surface area contributed by atoms with Gasteiger partial charge in [-0.15, -0.1) is 0 Å². The summed E-state index contributed by atoms with van der Waals surface area (Å²) in [5.74, 6) is 0.0158. The van der Waals surface area contributed by atoms with Crippen LogP contribution >= 0.6 is 0 Å². The Bertz CT molecular complexity index is 960. The summed E-state index contributed by atoms with van der Waals surface area (Å²) in [6.45, 7) is 11.3. The van der Waals surface area contributed by atoms with Crippen molar-refractivity contribution in [1.29, 1.82) is 0 Å². The molecule has 1 heterocycles. The molecule has 0 bridgehead atoms. The van der Waals surface area contributed by atoms with Crippen LogP contribution in [-0.4, -0.2) is 73.6 Å². The van der Waals surface area contributed by atoms with E-state index in [1.807, 2.05) is 4.90 Å². The van der Waals surface area contributed by atoms with E-state index >= 15 is 0 Å². The van der Waals surface area contributed by atoms with Gasteiger partial charge in [-0.3, -0.25) is 14.4 Å². The highest BCUT2D eigenvalue weighted by Crippen LogP contribution is 2.23. The highest BCUT2D eigenvalue weighted by Gasteiger charge is 2.18. The van der Waals surface area contributed by atoms with Crippen LogP contribution in [0.25, 0.3) is 0 Å². The Morgan fingerprint density at radius 1 is 0.554 bits per heavy atom. The summed E-state index contributed by atoms with van der Waals surface area (Å²) in [6.07, 6.45) is 44.0. The molecule has 0 saturated carbocycles. The van der Waals surface area contributed by atoms with Crippen molar-refractivity contribution in [3.8, 4) is 0 Å². The fourth-order valence-electron chi connectivity index (χ4n) is 7.78. The third-order valence-corrected chi connectivity index (χ3v) is 11.4. The Balaban J connectivity index is 2.36. The maximum absolute atomic E-state index is 13.3. The standard InChI is InChI=1S/C49H90N2O5/c1-4-7-10-13-16-17-18-19-20-21-22-23-24-27-30-36-47(52)51(41-33-40-50-38-31-32-39-50)42-37-48(53)55-43-44-56-49(54)45-46(34-28-25-14-11-8-5-2)35-29-26-15-12-9-6-3/h16-17,19-20,46H,4-15,18,21-45H2,1-3H3/b17-16-,20-19-. The average molecular weight is 787 g/mol. The molecule has 7 nitrogen and oxygen atoms in total. The lowest BCUT2D eigenvalue weighted by Crippen LogP contribution is -2.35. The van der Waals surface area contributed by atoms with Gasteiger partial charge in [-0.1, -0.05) is 154 Å². The minimum Gasteiger partial charge on any atom is -0.462 e. The zero-order valence-electron chi connectivity index (χ0n) is 37.2. The Kier molecular flexibility index (Phi) is 36.7. The SMILES string of the molecule is CCCCC/C=C\C/C=C\CCCCCCCC(=O)N(CCCN1CCCC1)CCC(=O)OCCOC(=O)CC(CCCCCCCC)CCCCCCCC. The van der Waals surface area contributed by atoms with E-state index in [1.54, 1.807) is 0 Å². The number of esters is 2. The molecule has 7 heteroatoms. The van der Waals surface area contributed by atoms with Crippen molar-refractivity contribution < 1.29 is 23.9 Å². The lowest BCUT2D eigenvalue weighted by molar-refractivity contribution is -0.153. The van der Waals surface area contributed by atoms with Crippen LogP contribution in [0.2, 0.25) is 0 Å². The number of rotatable bonds is 40. The first-order valence-electron chi connectivity index (χ1n) is 24.1. The minimum atomic E-state index is -0.334. The highest BCUT2D eigenvalue weighted by atomic mass is 16.6. The van der Waals surface area contributed by atoms with E-state index in [9.17, 15) is 14.4 Å². The number of carbonyl (C=O) groups excluding carboxylic acids is 3. The predicted molar refractivity (Wildman–Crippen MR) is 237 cm³/mol. The number of unbranched alkanes of at least 4 members (excludes halogenated alkanes) is 18. The fraction of sp³-hybridized carbons (Fsp3) is 0.857. The quantitative estimate of drug-likeness (QED) is 0.0350. The largest absolute Gasteiger partial charge is 0.462 e. The van der Waals surface area contributed by atoms with Crippen LogP contribution < -0.4 is 0 Å². The lowest BCUT2D eigenvalue weighted by atomic mass is 9.91. The summed E-state index contributed by atoms with van der Waals surface area (Å²) in [4.78, 5) is 43.1. The third-order valence-electron chi connectivity index (χ3n) is 11.4. The van der Waals surface area contributed by atoms with Gasteiger partial charge in [0.2, 0.25) is 5.91 Å². The van der Waals surface area contributed by atoms with Gasteiger partial charge in [0.05, 0.1) is 6.42 Å². The first kappa shape index (κ1) is 51.9. The molecule has 1 aliphatic heterocycles. The van der Waals surface area contributed by atoms with Crippen LogP contribution in [0.15, 0.2) is 24.3 Å². The molecule has 1 saturated heterocycles. The molecule has 1 fully saturated rings. The second-order valence-corrected chi connectivity index (χ2v) is 16.6. The molecule has 0 aromatic carbocycles. The summed E-state index contributed by atoms with van der Waals surface area (Å²) < 4.78 is 11.0. The van der Waals surface area contributed by atoms with Crippen LogP contribution in [0.1, 0.15) is 220 Å². The van der Waals surface area contributed by atoms with Crippen LogP contribution in [0.4, 0.5) is 0 Å². The zero-order chi connectivity index (χ0) is 40.6. The predicted octanol–water partition coefficient (Wildman–Crippen LogP) is 13.1. The van der Waals surface area contributed by atoms with Crippen molar-refractivity contribution in [3.63, 3.8) is 0 Å². The van der Waals surface area contributed by atoms with E-state index in [0.29, 0.717) is 31.8 Å². The Labute approximate surface area is 346 Å². The Hall–Kier alpha value is -2.15. The van der Waals surface area contributed by atoms with Gasteiger partial charge < -0.3 is 19.3 Å². The van der Waals surface area contributed by atoms with Crippen LogP contribution in [0.5, 0.6) is 0 Å². The van der Waals surface area contributed by atoms with Crippen molar-refractivity contribution in [2.24, 2.45) is 5.92 Å². The van der Waals surface area contributed by atoms with Gasteiger partial charge in [0.1, 0.15) is 13.2 Å². The number of hydrogen-bond donors (Lipinski definition) is 0. The normalized spacial score (nSPS) is 13.4. The lowest BCUT2D eigenvalue weighted by Gasteiger charge is -2.24. The van der Waals surface area contributed by atoms with E-state index in [0.717, 1.165) is 71.0 Å². The molecule has 0 radical (unpaired) electrons. The topological polar surface area (TPSA) is 76.2 Å². The van der Waals surface area contributed by atoms with E-state index in [4.69, 9.17) is 9.47 Å². The molecule has 0 aromatic rings. The Morgan fingerprint density at radius 2 is 1.05 bits per heavy atom. The average Bonchev–Trinajstić information content (AvgIpc) is 3.72. The molecule has 0 spiro atoms. The smallest absolute Gasteiger partial charge is 0.307 e. The molecule has 1 rings (SSSR count). The zero-order valence-corrected chi connectivity index (χ0v) is 37.2. The number of amides is 1. The second kappa shape index (κ2) is 39.7. The number of allylic oxidation sites excluding steroid dienone is 4. The molecule has 0 atom stereocenters. The monoisotopic (exact) mass is 787 g/mol. The van der Waals surface area contributed by atoms with Gasteiger partial charge >= 0.3 is 11.9 Å². The van der Waals surface area contributed by atoms with Crippen molar-refractivity contribution in [2.45, 2.75) is 220 Å². The maximum atomic E-state index is 13.3. The van der Waals surface area contributed by atoms with Crippen molar-refractivity contribution in [3.05, 3.63) is 24.3 Å². The first-order valence-corrected chi connectivity index (χ1v) is 24.1. The fourth-order valence-corrected chi connectivity index (χ4v) is 7.78. The Morgan fingerprint density at radius 3 is 1.66 bits per heavy atom. The van der Waals surface area contributed by atoms with E-state index < -0.39 is 0 Å². The number of nitrogens with zero attached hydrogens (tertiary/aromatic N) is 2. The minimum absolute atomic E-state index is 0.0684. The van der Waals surface area contributed by atoms with E-state index in [1.165, 1.54) is 128 Å². The summed E-state index contributed by atoms with van der Waals surface area (Å²) in [5, 5.41) is 0. The first-order chi connectivity index (χ1) is 27.5. The van der Waals surface area contributed by atoms with Gasteiger partial charge in [-0.2, -0.15) is 0 Å². The summed E-state index contributed by atoms with van der Waals surface area (Å²) in [6, 6.07) is 0. The van der Waals surface area contributed by atoms with E-state index in [-0.39, 0.29) is 37.5 Å². The molecule has 1 amide bonds. The van der Waals surface area contributed by atoms with Gasteiger partial charge in [0.25, 0.3) is 0 Å². The molecule has 0 aromatic heterocycles. The number of ether oxygens (including phenoxy) is 2. The van der Waals surface area contributed by atoms with Crippen LogP contribution in [-0.2, 0) is 23.9 Å². The number of likely N-dealkylation sites (tertiary alicyclic amines) is 1. The number of hydrogen-bond acceptors (Lipinski definition) is 6.